The Kier molecular flexibility index (Phi) is 5.17. The first-order valence-corrected chi connectivity index (χ1v) is 5.55. The van der Waals surface area contributed by atoms with Crippen molar-refractivity contribution in [2.24, 2.45) is 0 Å². The SMILES string of the molecule is C=CCC[C@@H](NC(=O)c1ccc(F)cc1F)C(=O)O. The number of halogens is 2. The van der Waals surface area contributed by atoms with Gasteiger partial charge in [-0.25, -0.2) is 13.6 Å². The third-order valence-electron chi connectivity index (χ3n) is 2.44. The van der Waals surface area contributed by atoms with Crippen LogP contribution in [0.25, 0.3) is 0 Å². The van der Waals surface area contributed by atoms with Crippen molar-refractivity contribution in [1.82, 2.24) is 5.32 Å². The molecule has 4 nitrogen and oxygen atoms in total. The van der Waals surface area contributed by atoms with E-state index in [2.05, 4.69) is 11.9 Å². The number of rotatable bonds is 6. The molecule has 0 aliphatic heterocycles. The number of aliphatic carboxylic acids is 1. The fourth-order valence-electron chi connectivity index (χ4n) is 1.45. The Bertz CT molecular complexity index is 503. The average molecular weight is 269 g/mol. The summed E-state index contributed by atoms with van der Waals surface area (Å²) in [4.78, 5) is 22.6. The Morgan fingerprint density at radius 3 is 2.63 bits per heavy atom. The maximum absolute atomic E-state index is 13.3. The largest absolute Gasteiger partial charge is 0.480 e. The number of hydrogen-bond donors (Lipinski definition) is 2. The molecule has 1 atom stereocenters. The summed E-state index contributed by atoms with van der Waals surface area (Å²) in [5, 5.41) is 11.1. The number of nitrogens with one attached hydrogen (secondary N) is 1. The summed E-state index contributed by atoms with van der Waals surface area (Å²) in [6.45, 7) is 3.45. The molecule has 0 heterocycles. The van der Waals surface area contributed by atoms with Crippen molar-refractivity contribution in [3.63, 3.8) is 0 Å². The second-order valence-corrected chi connectivity index (χ2v) is 3.85. The smallest absolute Gasteiger partial charge is 0.326 e. The second-order valence-electron chi connectivity index (χ2n) is 3.85. The molecule has 1 rings (SSSR count). The van der Waals surface area contributed by atoms with Crippen LogP contribution >= 0.6 is 0 Å². The number of carboxylic acids is 1. The van der Waals surface area contributed by atoms with Crippen LogP contribution in [-0.4, -0.2) is 23.0 Å². The van der Waals surface area contributed by atoms with Crippen molar-refractivity contribution >= 4 is 11.9 Å². The minimum Gasteiger partial charge on any atom is -0.480 e. The van der Waals surface area contributed by atoms with Gasteiger partial charge in [0.05, 0.1) is 5.56 Å². The minimum atomic E-state index is -1.22. The van der Waals surface area contributed by atoms with Gasteiger partial charge < -0.3 is 10.4 Å². The van der Waals surface area contributed by atoms with Gasteiger partial charge in [-0.15, -0.1) is 6.58 Å². The number of benzene rings is 1. The van der Waals surface area contributed by atoms with Crippen LogP contribution in [0.4, 0.5) is 8.78 Å². The lowest BCUT2D eigenvalue weighted by atomic mass is 10.1. The number of hydrogen-bond acceptors (Lipinski definition) is 2. The van der Waals surface area contributed by atoms with Crippen molar-refractivity contribution in [1.29, 1.82) is 0 Å². The minimum absolute atomic E-state index is 0.146. The van der Waals surface area contributed by atoms with E-state index >= 15 is 0 Å². The maximum atomic E-state index is 13.3. The number of carboxylic acid groups (broad SMARTS) is 1. The monoisotopic (exact) mass is 269 g/mol. The molecule has 0 aliphatic carbocycles. The van der Waals surface area contributed by atoms with Crippen molar-refractivity contribution in [2.45, 2.75) is 18.9 Å². The zero-order chi connectivity index (χ0) is 14.4. The van der Waals surface area contributed by atoms with E-state index in [9.17, 15) is 18.4 Å². The lowest BCUT2D eigenvalue weighted by Gasteiger charge is -2.13. The number of carbonyl (C=O) groups excluding carboxylic acids is 1. The zero-order valence-electron chi connectivity index (χ0n) is 10.0. The molecule has 102 valence electrons. The Balaban J connectivity index is 2.81. The van der Waals surface area contributed by atoms with E-state index < -0.39 is 35.1 Å². The first-order valence-electron chi connectivity index (χ1n) is 5.55. The highest BCUT2D eigenvalue weighted by molar-refractivity contribution is 5.96. The van der Waals surface area contributed by atoms with Gasteiger partial charge >= 0.3 is 5.97 Å². The molecule has 1 amide bonds. The van der Waals surface area contributed by atoms with Crippen LogP contribution < -0.4 is 5.32 Å². The predicted molar refractivity (Wildman–Crippen MR) is 64.7 cm³/mol. The van der Waals surface area contributed by atoms with E-state index in [1.165, 1.54) is 6.08 Å². The van der Waals surface area contributed by atoms with E-state index in [0.29, 0.717) is 12.5 Å². The summed E-state index contributed by atoms with van der Waals surface area (Å²) < 4.78 is 26.0. The van der Waals surface area contributed by atoms with Crippen LogP contribution in [-0.2, 0) is 4.79 Å². The van der Waals surface area contributed by atoms with Crippen LogP contribution in [0.3, 0.4) is 0 Å². The van der Waals surface area contributed by atoms with Crippen LogP contribution in [0.1, 0.15) is 23.2 Å². The third-order valence-corrected chi connectivity index (χ3v) is 2.44. The predicted octanol–water partition coefficient (Wildman–Crippen LogP) is 2.11. The molecule has 0 unspecified atom stereocenters. The summed E-state index contributed by atoms with van der Waals surface area (Å²) in [6, 6.07) is 1.31. The summed E-state index contributed by atoms with van der Waals surface area (Å²) in [5.74, 6) is -3.97. The van der Waals surface area contributed by atoms with Gasteiger partial charge in [0.15, 0.2) is 0 Å². The molecule has 1 aromatic rings. The molecule has 0 aliphatic rings. The third kappa shape index (κ3) is 4.17. The number of carbonyl (C=O) groups is 2. The number of amides is 1. The zero-order valence-corrected chi connectivity index (χ0v) is 10.0. The molecule has 2 N–H and O–H groups in total. The first-order chi connectivity index (χ1) is 8.95. The quantitative estimate of drug-likeness (QED) is 0.777. The van der Waals surface area contributed by atoms with Gasteiger partial charge in [0.2, 0.25) is 0 Å². The lowest BCUT2D eigenvalue weighted by Crippen LogP contribution is -2.41. The van der Waals surface area contributed by atoms with Gasteiger partial charge in [0.25, 0.3) is 5.91 Å². The van der Waals surface area contributed by atoms with E-state index in [-0.39, 0.29) is 6.42 Å². The van der Waals surface area contributed by atoms with Gasteiger partial charge in [-0.05, 0) is 25.0 Å². The standard InChI is InChI=1S/C13H13F2NO3/c1-2-3-4-11(13(18)19)16-12(17)9-6-5-8(14)7-10(9)15/h2,5-7,11H,1,3-4H2,(H,16,17)(H,18,19)/t11-/m1/s1. The average Bonchev–Trinajstić information content (AvgIpc) is 2.33. The summed E-state index contributed by atoms with van der Waals surface area (Å²) in [6.07, 6.45) is 2.05. The molecule has 0 fully saturated rings. The van der Waals surface area contributed by atoms with E-state index in [1.54, 1.807) is 0 Å². The van der Waals surface area contributed by atoms with Crippen LogP contribution in [0, 0.1) is 11.6 Å². The van der Waals surface area contributed by atoms with Crippen LogP contribution in [0.5, 0.6) is 0 Å². The van der Waals surface area contributed by atoms with Gasteiger partial charge in [-0.2, -0.15) is 0 Å². The molecule has 0 spiro atoms. The van der Waals surface area contributed by atoms with Gasteiger partial charge in [0.1, 0.15) is 17.7 Å². The topological polar surface area (TPSA) is 66.4 Å². The Hall–Kier alpha value is -2.24. The Labute approximate surface area is 108 Å². The molecule has 0 saturated carbocycles. The molecule has 0 bridgehead atoms. The molecule has 0 aromatic heterocycles. The fourth-order valence-corrected chi connectivity index (χ4v) is 1.45. The highest BCUT2D eigenvalue weighted by Gasteiger charge is 2.21. The van der Waals surface area contributed by atoms with Crippen LogP contribution in [0.15, 0.2) is 30.9 Å². The lowest BCUT2D eigenvalue weighted by molar-refractivity contribution is -0.139. The highest BCUT2D eigenvalue weighted by atomic mass is 19.1. The first kappa shape index (κ1) is 14.8. The van der Waals surface area contributed by atoms with Crippen molar-refractivity contribution in [3.8, 4) is 0 Å². The summed E-state index contributed by atoms with van der Waals surface area (Å²) >= 11 is 0. The molecule has 1 aromatic carbocycles. The number of allylic oxidation sites excluding steroid dienone is 1. The molecule has 6 heteroatoms. The summed E-state index contributed by atoms with van der Waals surface area (Å²) in [5.41, 5.74) is -0.397. The molecule has 0 radical (unpaired) electrons. The van der Waals surface area contributed by atoms with E-state index in [0.717, 1.165) is 12.1 Å². The van der Waals surface area contributed by atoms with Crippen molar-refractivity contribution in [2.75, 3.05) is 0 Å². The van der Waals surface area contributed by atoms with E-state index in [1.807, 2.05) is 0 Å². The van der Waals surface area contributed by atoms with Crippen molar-refractivity contribution < 1.29 is 23.5 Å². The fraction of sp³-hybridized carbons (Fsp3) is 0.231. The Morgan fingerprint density at radius 2 is 2.11 bits per heavy atom. The van der Waals surface area contributed by atoms with Gasteiger partial charge in [0, 0.05) is 6.07 Å². The van der Waals surface area contributed by atoms with Crippen molar-refractivity contribution in [3.05, 3.63) is 48.1 Å². The maximum Gasteiger partial charge on any atom is 0.326 e. The second kappa shape index (κ2) is 6.63. The van der Waals surface area contributed by atoms with Crippen LogP contribution in [0.2, 0.25) is 0 Å². The molecule has 19 heavy (non-hydrogen) atoms. The van der Waals surface area contributed by atoms with Gasteiger partial charge in [-0.1, -0.05) is 6.08 Å². The molecular weight excluding hydrogens is 256 g/mol. The Morgan fingerprint density at radius 1 is 1.42 bits per heavy atom. The van der Waals surface area contributed by atoms with E-state index in [4.69, 9.17) is 5.11 Å². The molecule has 0 saturated heterocycles. The van der Waals surface area contributed by atoms with Gasteiger partial charge in [-0.3, -0.25) is 4.79 Å². The molecular formula is C13H13F2NO3. The highest BCUT2D eigenvalue weighted by Crippen LogP contribution is 2.10. The normalized spacial score (nSPS) is 11.7. The summed E-state index contributed by atoms with van der Waals surface area (Å²) in [7, 11) is 0.